The molecule has 1 amide bonds. The molecule has 2 N–H and O–H groups in total. The first-order valence-electron chi connectivity index (χ1n) is 7.98. The van der Waals surface area contributed by atoms with E-state index >= 15 is 0 Å². The fourth-order valence-electron chi connectivity index (χ4n) is 2.83. The van der Waals surface area contributed by atoms with Crippen LogP contribution in [0.25, 0.3) is 0 Å². The van der Waals surface area contributed by atoms with Crippen molar-refractivity contribution in [2.75, 3.05) is 11.1 Å². The molecule has 1 fully saturated rings. The van der Waals surface area contributed by atoms with Crippen LogP contribution in [0.4, 0.5) is 5.69 Å². The Morgan fingerprint density at radius 2 is 2.00 bits per heavy atom. The molecular weight excluding hydrogens is 358 g/mol. The lowest BCUT2D eigenvalue weighted by Crippen LogP contribution is -2.14. The molecule has 0 spiro atoms. The Morgan fingerprint density at radius 3 is 2.76 bits per heavy atom. The van der Waals surface area contributed by atoms with Gasteiger partial charge in [-0.1, -0.05) is 41.9 Å². The first kappa shape index (κ1) is 17.8. The minimum absolute atomic E-state index is 0.000240. The average molecular weight is 376 g/mol. The zero-order chi connectivity index (χ0) is 17.8. The number of halogens is 1. The lowest BCUT2D eigenvalue weighted by Gasteiger charge is -2.08. The lowest BCUT2D eigenvalue weighted by molar-refractivity contribution is -0.133. The molecule has 130 valence electrons. The summed E-state index contributed by atoms with van der Waals surface area (Å²) in [6.45, 7) is 0. The second-order valence-electron chi connectivity index (χ2n) is 6.05. The van der Waals surface area contributed by atoms with Crippen LogP contribution in [-0.4, -0.2) is 22.7 Å². The van der Waals surface area contributed by atoms with Gasteiger partial charge >= 0.3 is 5.97 Å². The van der Waals surface area contributed by atoms with Crippen molar-refractivity contribution >= 4 is 40.9 Å². The highest BCUT2D eigenvalue weighted by Gasteiger charge is 2.44. The third kappa shape index (κ3) is 4.77. The Bertz CT molecular complexity index is 796. The summed E-state index contributed by atoms with van der Waals surface area (Å²) >= 11 is 7.54. The van der Waals surface area contributed by atoms with Gasteiger partial charge in [-0.05, 0) is 41.7 Å². The number of aliphatic carboxylic acids is 1. The van der Waals surface area contributed by atoms with Gasteiger partial charge in [0.1, 0.15) is 0 Å². The first-order chi connectivity index (χ1) is 12.0. The maximum Gasteiger partial charge on any atom is 0.313 e. The van der Waals surface area contributed by atoms with Gasteiger partial charge in [-0.15, -0.1) is 11.8 Å². The Kier molecular flexibility index (Phi) is 5.66. The van der Waals surface area contributed by atoms with Crippen LogP contribution in [0.2, 0.25) is 5.02 Å². The molecule has 0 heterocycles. The van der Waals surface area contributed by atoms with E-state index in [1.165, 1.54) is 11.8 Å². The van der Waals surface area contributed by atoms with Crippen molar-refractivity contribution in [3.8, 4) is 0 Å². The van der Waals surface area contributed by atoms with Crippen LogP contribution in [0, 0.1) is 5.92 Å². The molecule has 2 aromatic rings. The molecule has 2 aromatic carbocycles. The van der Waals surface area contributed by atoms with Crippen molar-refractivity contribution in [3.05, 3.63) is 64.7 Å². The summed E-state index contributed by atoms with van der Waals surface area (Å²) in [6, 6.07) is 15.2. The third-order valence-electron chi connectivity index (χ3n) is 4.12. The third-order valence-corrected chi connectivity index (χ3v) is 5.45. The lowest BCUT2D eigenvalue weighted by atomic mass is 10.1. The molecule has 0 radical (unpaired) electrons. The maximum absolute atomic E-state index is 12.4. The summed E-state index contributed by atoms with van der Waals surface area (Å²) < 4.78 is 0. The van der Waals surface area contributed by atoms with Gasteiger partial charge in [0, 0.05) is 22.4 Å². The van der Waals surface area contributed by atoms with Crippen LogP contribution in [0.1, 0.15) is 23.5 Å². The second kappa shape index (κ2) is 7.93. The van der Waals surface area contributed by atoms with Crippen LogP contribution in [0.15, 0.2) is 48.5 Å². The molecule has 4 nitrogen and oxygen atoms in total. The Morgan fingerprint density at radius 1 is 1.20 bits per heavy atom. The number of hydrogen-bond acceptors (Lipinski definition) is 3. The van der Waals surface area contributed by atoms with Crippen LogP contribution >= 0.6 is 23.4 Å². The number of carboxylic acid groups (broad SMARTS) is 1. The van der Waals surface area contributed by atoms with E-state index in [-0.39, 0.29) is 23.5 Å². The molecule has 1 saturated carbocycles. The van der Waals surface area contributed by atoms with Gasteiger partial charge in [0.15, 0.2) is 0 Å². The summed E-state index contributed by atoms with van der Waals surface area (Å²) in [4.78, 5) is 23.0. The van der Waals surface area contributed by atoms with Gasteiger partial charge in [0.05, 0.1) is 5.75 Å². The largest absolute Gasteiger partial charge is 0.481 e. The molecule has 0 aromatic heterocycles. The molecule has 6 heteroatoms. The summed E-state index contributed by atoms with van der Waals surface area (Å²) in [5.41, 5.74) is 2.76. The number of amides is 1. The van der Waals surface area contributed by atoms with Gasteiger partial charge in [0.2, 0.25) is 5.91 Å². The molecule has 0 bridgehead atoms. The van der Waals surface area contributed by atoms with E-state index < -0.39 is 5.97 Å². The number of thioether (sulfide) groups is 1. The van der Waals surface area contributed by atoms with Gasteiger partial charge in [0.25, 0.3) is 0 Å². The van der Waals surface area contributed by atoms with Crippen LogP contribution < -0.4 is 5.32 Å². The number of carbonyl (C=O) groups excluding carboxylic acids is 1. The summed E-state index contributed by atoms with van der Waals surface area (Å²) in [5.74, 6) is -0.0261. The number of carbonyl (C=O) groups is 2. The van der Waals surface area contributed by atoms with Gasteiger partial charge in [-0.25, -0.2) is 0 Å². The van der Waals surface area contributed by atoms with Crippen molar-refractivity contribution in [2.45, 2.75) is 18.1 Å². The fourth-order valence-corrected chi connectivity index (χ4v) is 3.80. The molecule has 1 aliphatic carbocycles. The van der Waals surface area contributed by atoms with E-state index in [2.05, 4.69) is 5.32 Å². The van der Waals surface area contributed by atoms with Gasteiger partial charge in [-0.2, -0.15) is 0 Å². The number of anilines is 1. The monoisotopic (exact) mass is 375 g/mol. The Hall–Kier alpha value is -1.98. The van der Waals surface area contributed by atoms with Crippen LogP contribution in [-0.2, 0) is 15.3 Å². The van der Waals surface area contributed by atoms with Gasteiger partial charge in [-0.3, -0.25) is 9.59 Å². The highest BCUT2D eigenvalue weighted by atomic mass is 35.5. The summed E-state index contributed by atoms with van der Waals surface area (Å²) in [6.07, 6.45) is 0.809. The van der Waals surface area contributed by atoms with Crippen molar-refractivity contribution in [3.63, 3.8) is 0 Å². The maximum atomic E-state index is 12.4. The normalized spacial score (nSPS) is 18.6. The molecule has 0 aliphatic heterocycles. The molecular formula is C19H18ClNO3S. The predicted octanol–water partition coefficient (Wildman–Crippen LogP) is 4.40. The SMILES string of the molecule is O=C(O)CSCc1cccc(NC(=O)C2CC2c2ccccc2Cl)c1. The molecule has 2 unspecified atom stereocenters. The molecule has 1 aliphatic rings. The van der Waals surface area contributed by atoms with E-state index in [0.29, 0.717) is 10.8 Å². The van der Waals surface area contributed by atoms with Gasteiger partial charge < -0.3 is 10.4 Å². The fraction of sp³-hybridized carbons (Fsp3) is 0.263. The zero-order valence-corrected chi connectivity index (χ0v) is 15.0. The molecule has 25 heavy (non-hydrogen) atoms. The van der Waals surface area contributed by atoms with E-state index in [0.717, 1.165) is 23.2 Å². The zero-order valence-electron chi connectivity index (χ0n) is 13.4. The number of hydrogen-bond donors (Lipinski definition) is 2. The summed E-state index contributed by atoms with van der Waals surface area (Å²) in [5, 5.41) is 12.3. The Balaban J connectivity index is 1.57. The Labute approximate surface area is 155 Å². The van der Waals surface area contributed by atoms with Crippen molar-refractivity contribution < 1.29 is 14.7 Å². The topological polar surface area (TPSA) is 66.4 Å². The molecule has 0 saturated heterocycles. The quantitative estimate of drug-likeness (QED) is 0.752. The van der Waals surface area contributed by atoms with E-state index in [9.17, 15) is 9.59 Å². The van der Waals surface area contributed by atoms with Crippen molar-refractivity contribution in [1.29, 1.82) is 0 Å². The molecule has 3 rings (SSSR count). The minimum atomic E-state index is -0.825. The van der Waals surface area contributed by atoms with E-state index in [1.807, 2.05) is 48.5 Å². The minimum Gasteiger partial charge on any atom is -0.481 e. The number of benzene rings is 2. The second-order valence-corrected chi connectivity index (χ2v) is 7.44. The van der Waals surface area contributed by atoms with E-state index in [1.54, 1.807) is 0 Å². The highest BCUT2D eigenvalue weighted by Crippen LogP contribution is 2.50. The number of rotatable bonds is 7. The molecule has 2 atom stereocenters. The van der Waals surface area contributed by atoms with Crippen molar-refractivity contribution in [2.24, 2.45) is 5.92 Å². The highest BCUT2D eigenvalue weighted by molar-refractivity contribution is 7.99. The number of nitrogens with one attached hydrogen (secondary N) is 1. The standard InChI is InChI=1S/C19H18ClNO3S/c20-17-7-2-1-6-14(17)15-9-16(15)19(24)21-13-5-3-4-12(8-13)10-25-11-18(22)23/h1-8,15-16H,9-11H2,(H,21,24)(H,22,23). The summed E-state index contributed by atoms with van der Waals surface area (Å²) in [7, 11) is 0. The van der Waals surface area contributed by atoms with Crippen LogP contribution in [0.5, 0.6) is 0 Å². The first-order valence-corrected chi connectivity index (χ1v) is 9.51. The number of carboxylic acids is 1. The predicted molar refractivity (Wildman–Crippen MR) is 101 cm³/mol. The smallest absolute Gasteiger partial charge is 0.313 e. The van der Waals surface area contributed by atoms with Crippen LogP contribution in [0.3, 0.4) is 0 Å². The van der Waals surface area contributed by atoms with E-state index in [4.69, 9.17) is 16.7 Å². The average Bonchev–Trinajstić information content (AvgIpc) is 3.36. The van der Waals surface area contributed by atoms with Crippen molar-refractivity contribution in [1.82, 2.24) is 0 Å².